The number of carbonyl (C=O) groups excluding carboxylic acids is 1. The molecule has 0 saturated carbocycles. The topological polar surface area (TPSA) is 113 Å². The van der Waals surface area contributed by atoms with Crippen LogP contribution in [0.2, 0.25) is 10.0 Å². The van der Waals surface area contributed by atoms with Crippen LogP contribution in [-0.4, -0.2) is 33.0 Å². The number of carbonyl (C=O) groups is 2. The van der Waals surface area contributed by atoms with Gasteiger partial charge in [-0.1, -0.05) is 41.4 Å². The van der Waals surface area contributed by atoms with E-state index >= 15 is 0 Å². The molecule has 0 aromatic heterocycles. The highest BCUT2D eigenvalue weighted by Crippen LogP contribution is 2.26. The maximum absolute atomic E-state index is 12.6. The third-order valence-corrected chi connectivity index (χ3v) is 4.52. The Kier molecular flexibility index (Phi) is 6.59. The van der Waals surface area contributed by atoms with Gasteiger partial charge in [-0.2, -0.15) is 0 Å². The Hall–Kier alpha value is -2.84. The molecule has 2 N–H and O–H groups in total. The number of aliphatic carboxylic acids is 1. The van der Waals surface area contributed by atoms with Crippen molar-refractivity contribution in [1.29, 1.82) is 0 Å². The Labute approximate surface area is 164 Å². The van der Waals surface area contributed by atoms with Crippen LogP contribution in [0.4, 0.5) is 16.2 Å². The first-order valence-corrected chi connectivity index (χ1v) is 8.44. The quantitative estimate of drug-likeness (QED) is 0.539. The first-order valence-electron chi connectivity index (χ1n) is 7.68. The summed E-state index contributed by atoms with van der Waals surface area (Å²) in [5.74, 6) is -1.25. The van der Waals surface area contributed by atoms with Crippen molar-refractivity contribution in [2.24, 2.45) is 0 Å². The third-order valence-electron chi connectivity index (χ3n) is 3.79. The summed E-state index contributed by atoms with van der Waals surface area (Å²) in [6.45, 7) is 1.04. The van der Waals surface area contributed by atoms with E-state index in [0.717, 1.165) is 4.90 Å². The Balaban J connectivity index is 2.31. The molecule has 0 saturated heterocycles. The summed E-state index contributed by atoms with van der Waals surface area (Å²) >= 11 is 11.7. The van der Waals surface area contributed by atoms with Crippen LogP contribution in [0.1, 0.15) is 12.5 Å². The van der Waals surface area contributed by atoms with Crippen molar-refractivity contribution in [2.75, 3.05) is 5.32 Å². The molecule has 2 amide bonds. The van der Waals surface area contributed by atoms with E-state index in [4.69, 9.17) is 23.2 Å². The number of carboxylic acid groups (broad SMARTS) is 1. The van der Waals surface area contributed by atoms with Crippen LogP contribution in [0, 0.1) is 10.1 Å². The number of para-hydroxylation sites is 1. The summed E-state index contributed by atoms with van der Waals surface area (Å²) < 4.78 is 0. The number of nitrogens with zero attached hydrogens (tertiary/aromatic N) is 2. The molecule has 0 aliphatic rings. The van der Waals surface area contributed by atoms with Gasteiger partial charge in [-0.25, -0.2) is 9.59 Å². The summed E-state index contributed by atoms with van der Waals surface area (Å²) in [6.07, 6.45) is 0. The van der Waals surface area contributed by atoms with Crippen molar-refractivity contribution in [2.45, 2.75) is 19.5 Å². The van der Waals surface area contributed by atoms with Gasteiger partial charge >= 0.3 is 12.0 Å². The number of nitro groups is 1. The van der Waals surface area contributed by atoms with Crippen molar-refractivity contribution in [1.82, 2.24) is 4.90 Å². The third kappa shape index (κ3) is 5.08. The smallest absolute Gasteiger partial charge is 0.326 e. The highest BCUT2D eigenvalue weighted by atomic mass is 35.5. The lowest BCUT2D eigenvalue weighted by molar-refractivity contribution is -0.385. The van der Waals surface area contributed by atoms with E-state index in [2.05, 4.69) is 5.32 Å². The molecule has 2 rings (SSSR count). The number of rotatable bonds is 6. The SMILES string of the molecule is C[C@@H](C(=O)O)N(Cc1ccccc1[N+](=O)[O-])C(=O)Nc1ccc(Cl)c(Cl)c1. The fourth-order valence-electron chi connectivity index (χ4n) is 2.29. The lowest BCUT2D eigenvalue weighted by Gasteiger charge is -2.26. The molecule has 0 unspecified atom stereocenters. The maximum atomic E-state index is 12.6. The average Bonchev–Trinajstić information content (AvgIpc) is 2.62. The highest BCUT2D eigenvalue weighted by Gasteiger charge is 2.28. The number of anilines is 1. The number of hydrogen-bond acceptors (Lipinski definition) is 4. The molecule has 27 heavy (non-hydrogen) atoms. The van der Waals surface area contributed by atoms with Crippen molar-refractivity contribution in [3.63, 3.8) is 0 Å². The lowest BCUT2D eigenvalue weighted by atomic mass is 10.1. The molecule has 8 nitrogen and oxygen atoms in total. The molecule has 0 bridgehead atoms. The maximum Gasteiger partial charge on any atom is 0.326 e. The lowest BCUT2D eigenvalue weighted by Crippen LogP contribution is -2.45. The van der Waals surface area contributed by atoms with Crippen molar-refractivity contribution >= 4 is 46.6 Å². The Morgan fingerprint density at radius 1 is 1.22 bits per heavy atom. The van der Waals surface area contributed by atoms with Gasteiger partial charge in [-0.15, -0.1) is 0 Å². The monoisotopic (exact) mass is 411 g/mol. The number of nitrogens with one attached hydrogen (secondary N) is 1. The van der Waals surface area contributed by atoms with Crippen LogP contribution in [0.5, 0.6) is 0 Å². The zero-order valence-corrected chi connectivity index (χ0v) is 15.6. The zero-order chi connectivity index (χ0) is 20.1. The predicted molar refractivity (Wildman–Crippen MR) is 101 cm³/mol. The van der Waals surface area contributed by atoms with Gasteiger partial charge in [0.15, 0.2) is 0 Å². The number of halogens is 2. The van der Waals surface area contributed by atoms with Gasteiger partial charge in [0.2, 0.25) is 0 Å². The fourth-order valence-corrected chi connectivity index (χ4v) is 2.59. The largest absolute Gasteiger partial charge is 0.480 e. The van der Waals surface area contributed by atoms with E-state index in [9.17, 15) is 24.8 Å². The second-order valence-corrected chi connectivity index (χ2v) is 6.40. The molecule has 2 aromatic carbocycles. The molecule has 0 aliphatic carbocycles. The molecule has 0 spiro atoms. The molecule has 0 radical (unpaired) electrons. The van der Waals surface area contributed by atoms with Gasteiger partial charge < -0.3 is 15.3 Å². The van der Waals surface area contributed by atoms with Crippen LogP contribution in [0.15, 0.2) is 42.5 Å². The Morgan fingerprint density at radius 2 is 1.89 bits per heavy atom. The first kappa shape index (κ1) is 20.5. The molecule has 1 atom stereocenters. The standard InChI is InChI=1S/C17H15Cl2N3O5/c1-10(16(23)24)21(9-11-4-2-3-5-15(11)22(26)27)17(25)20-12-6-7-13(18)14(19)8-12/h2-8,10H,9H2,1H3,(H,20,25)(H,23,24)/t10-/m0/s1. The number of benzene rings is 2. The summed E-state index contributed by atoms with van der Waals surface area (Å²) in [7, 11) is 0. The van der Waals surface area contributed by atoms with Crippen molar-refractivity contribution in [3.8, 4) is 0 Å². The minimum atomic E-state index is -1.25. The molecule has 0 aliphatic heterocycles. The number of urea groups is 1. The number of amides is 2. The number of nitro benzene ring substituents is 1. The minimum Gasteiger partial charge on any atom is -0.480 e. The summed E-state index contributed by atoms with van der Waals surface area (Å²) in [5, 5.41) is 23.5. The number of hydrogen-bond donors (Lipinski definition) is 2. The number of carboxylic acids is 1. The fraction of sp³-hybridized carbons (Fsp3) is 0.176. The van der Waals surface area contributed by atoms with Gasteiger partial charge in [-0.3, -0.25) is 10.1 Å². The van der Waals surface area contributed by atoms with Crippen LogP contribution >= 0.6 is 23.2 Å². The molecular weight excluding hydrogens is 397 g/mol. The second-order valence-electron chi connectivity index (χ2n) is 5.59. The predicted octanol–water partition coefficient (Wildman–Crippen LogP) is 4.41. The Morgan fingerprint density at radius 3 is 2.48 bits per heavy atom. The van der Waals surface area contributed by atoms with Crippen LogP contribution < -0.4 is 5.32 Å². The van der Waals surface area contributed by atoms with E-state index in [-0.39, 0.29) is 22.8 Å². The van der Waals surface area contributed by atoms with E-state index in [1.807, 2.05) is 0 Å². The minimum absolute atomic E-state index is 0.206. The molecule has 2 aromatic rings. The van der Waals surface area contributed by atoms with Gasteiger partial charge in [0.05, 0.1) is 21.5 Å². The molecule has 10 heteroatoms. The van der Waals surface area contributed by atoms with Crippen LogP contribution in [-0.2, 0) is 11.3 Å². The Bertz CT molecular complexity index is 891. The van der Waals surface area contributed by atoms with E-state index in [0.29, 0.717) is 10.7 Å². The van der Waals surface area contributed by atoms with E-state index in [1.54, 1.807) is 6.07 Å². The van der Waals surface area contributed by atoms with E-state index in [1.165, 1.54) is 43.3 Å². The average molecular weight is 412 g/mol. The normalized spacial score (nSPS) is 11.5. The molecular formula is C17H15Cl2N3O5. The van der Waals surface area contributed by atoms with E-state index < -0.39 is 23.0 Å². The van der Waals surface area contributed by atoms with Gasteiger partial charge in [0, 0.05) is 17.3 Å². The first-order chi connectivity index (χ1) is 12.7. The summed E-state index contributed by atoms with van der Waals surface area (Å²) in [5.41, 5.74) is 0.307. The van der Waals surface area contributed by atoms with Crippen molar-refractivity contribution < 1.29 is 19.6 Å². The molecule has 0 heterocycles. The zero-order valence-electron chi connectivity index (χ0n) is 14.1. The molecule has 142 valence electrons. The van der Waals surface area contributed by atoms with Gasteiger partial charge in [0.25, 0.3) is 5.69 Å². The van der Waals surface area contributed by atoms with Crippen molar-refractivity contribution in [3.05, 3.63) is 68.2 Å². The van der Waals surface area contributed by atoms with Gasteiger partial charge in [-0.05, 0) is 25.1 Å². The summed E-state index contributed by atoms with van der Waals surface area (Å²) in [4.78, 5) is 35.6. The van der Waals surface area contributed by atoms with Crippen LogP contribution in [0.3, 0.4) is 0 Å². The molecule has 0 fully saturated rings. The summed E-state index contributed by atoms with van der Waals surface area (Å²) in [6, 6.07) is 8.23. The second kappa shape index (κ2) is 8.70. The van der Waals surface area contributed by atoms with Gasteiger partial charge in [0.1, 0.15) is 6.04 Å². The van der Waals surface area contributed by atoms with Crippen LogP contribution in [0.25, 0.3) is 0 Å². The highest BCUT2D eigenvalue weighted by molar-refractivity contribution is 6.42.